The summed E-state index contributed by atoms with van der Waals surface area (Å²) in [7, 11) is 0. The molecular weight excluding hydrogens is 697 g/mol. The van der Waals surface area contributed by atoms with Crippen LogP contribution in [0.15, 0.2) is 167 Å². The van der Waals surface area contributed by atoms with Crippen LogP contribution in [-0.2, 0) is 0 Å². The number of thiophene rings is 1. The standard InChI is InChI=1S/C48H26N4O2S/c1-2-12-29(13-3-1)48-49-36-25-26-37-42(44(36)54-48)33-24-23-28-15-9-19-34(40(28)43(33)53-37)46-50-45(31-18-8-14-27-11-4-5-16-30(27)31)51-47(52-46)35-20-10-22-39-41(35)32-17-6-7-21-38(32)55-39/h1-26H. The molecule has 0 aliphatic heterocycles. The van der Waals surface area contributed by atoms with Crippen molar-refractivity contribution >= 4 is 86.1 Å². The lowest BCUT2D eigenvalue weighted by atomic mass is 10.00. The number of furan rings is 1. The first-order valence-electron chi connectivity index (χ1n) is 18.1. The maximum atomic E-state index is 6.78. The normalized spacial score (nSPS) is 12.0. The Labute approximate surface area is 317 Å². The van der Waals surface area contributed by atoms with Crippen LogP contribution in [0.2, 0.25) is 0 Å². The van der Waals surface area contributed by atoms with Gasteiger partial charge in [0, 0.05) is 53.2 Å². The fourth-order valence-electron chi connectivity index (χ4n) is 8.08. The summed E-state index contributed by atoms with van der Waals surface area (Å²) in [6.07, 6.45) is 0. The molecule has 0 spiro atoms. The predicted molar refractivity (Wildman–Crippen MR) is 224 cm³/mol. The zero-order chi connectivity index (χ0) is 36.0. The number of oxazole rings is 1. The Morgan fingerprint density at radius 3 is 1.89 bits per heavy atom. The summed E-state index contributed by atoms with van der Waals surface area (Å²) in [5, 5.41) is 8.31. The molecule has 55 heavy (non-hydrogen) atoms. The lowest BCUT2D eigenvalue weighted by Gasteiger charge is -2.12. The Balaban J connectivity index is 1.15. The molecule has 0 unspecified atom stereocenters. The Bertz CT molecular complexity index is 3500. The second-order valence-electron chi connectivity index (χ2n) is 13.7. The van der Waals surface area contributed by atoms with Crippen molar-refractivity contribution in [1.29, 1.82) is 0 Å². The molecule has 7 heteroatoms. The second kappa shape index (κ2) is 11.6. The van der Waals surface area contributed by atoms with Crippen LogP contribution in [0.1, 0.15) is 0 Å². The van der Waals surface area contributed by atoms with Crippen LogP contribution in [0.5, 0.6) is 0 Å². The van der Waals surface area contributed by atoms with Crippen LogP contribution < -0.4 is 0 Å². The minimum Gasteiger partial charge on any atom is -0.455 e. The van der Waals surface area contributed by atoms with Gasteiger partial charge in [0.1, 0.15) is 16.7 Å². The third kappa shape index (κ3) is 4.60. The fourth-order valence-corrected chi connectivity index (χ4v) is 9.21. The zero-order valence-corrected chi connectivity index (χ0v) is 29.8. The summed E-state index contributed by atoms with van der Waals surface area (Å²) in [6.45, 7) is 0. The van der Waals surface area contributed by atoms with Crippen molar-refractivity contribution < 1.29 is 8.83 Å². The van der Waals surface area contributed by atoms with Crippen molar-refractivity contribution in [3.05, 3.63) is 158 Å². The molecule has 0 aliphatic carbocycles. The van der Waals surface area contributed by atoms with E-state index < -0.39 is 0 Å². The maximum absolute atomic E-state index is 6.78. The number of aromatic nitrogens is 4. The van der Waals surface area contributed by atoms with Crippen molar-refractivity contribution in [1.82, 2.24) is 19.9 Å². The summed E-state index contributed by atoms with van der Waals surface area (Å²) >= 11 is 1.78. The average Bonchev–Trinajstić information content (AvgIpc) is 3.97. The van der Waals surface area contributed by atoms with E-state index >= 15 is 0 Å². The van der Waals surface area contributed by atoms with E-state index in [-0.39, 0.29) is 0 Å². The van der Waals surface area contributed by atoms with Gasteiger partial charge >= 0.3 is 0 Å². The molecule has 0 N–H and O–H groups in total. The molecule has 0 bridgehead atoms. The molecule has 12 aromatic rings. The lowest BCUT2D eigenvalue weighted by Crippen LogP contribution is -2.01. The predicted octanol–water partition coefficient (Wildman–Crippen LogP) is 13.3. The van der Waals surface area contributed by atoms with Gasteiger partial charge in [-0.3, -0.25) is 0 Å². The first kappa shape index (κ1) is 30.3. The van der Waals surface area contributed by atoms with Crippen LogP contribution in [-0.4, -0.2) is 19.9 Å². The highest BCUT2D eigenvalue weighted by molar-refractivity contribution is 7.25. The Kier molecular flexibility index (Phi) is 6.40. The highest BCUT2D eigenvalue weighted by Gasteiger charge is 2.22. The summed E-state index contributed by atoms with van der Waals surface area (Å²) < 4.78 is 15.7. The minimum absolute atomic E-state index is 0.569. The van der Waals surface area contributed by atoms with Gasteiger partial charge < -0.3 is 8.83 Å². The topological polar surface area (TPSA) is 77.8 Å². The first-order chi connectivity index (χ1) is 27.2. The maximum Gasteiger partial charge on any atom is 0.227 e. The fraction of sp³-hybridized carbons (Fsp3) is 0. The summed E-state index contributed by atoms with van der Waals surface area (Å²) in [5.74, 6) is 2.37. The van der Waals surface area contributed by atoms with Crippen LogP contribution in [0, 0.1) is 0 Å². The summed E-state index contributed by atoms with van der Waals surface area (Å²) in [5.41, 5.74) is 6.64. The SMILES string of the molecule is c1ccc(-c2nc3ccc4oc5c(ccc6cccc(-c7nc(-c8cccc9ccccc89)nc(-c8cccc9sc%10ccccc%10c89)n7)c65)c4c3o2)cc1. The molecule has 256 valence electrons. The Morgan fingerprint density at radius 2 is 1.04 bits per heavy atom. The van der Waals surface area contributed by atoms with E-state index in [1.54, 1.807) is 11.3 Å². The molecule has 0 amide bonds. The first-order valence-corrected chi connectivity index (χ1v) is 18.9. The van der Waals surface area contributed by atoms with Gasteiger partial charge in [-0.2, -0.15) is 0 Å². The highest BCUT2D eigenvalue weighted by Crippen LogP contribution is 2.44. The van der Waals surface area contributed by atoms with Crippen molar-refractivity contribution in [3.8, 4) is 45.6 Å². The van der Waals surface area contributed by atoms with Crippen LogP contribution in [0.25, 0.3) is 120 Å². The van der Waals surface area contributed by atoms with Gasteiger partial charge in [0.05, 0.1) is 5.39 Å². The van der Waals surface area contributed by atoms with Crippen molar-refractivity contribution in [2.45, 2.75) is 0 Å². The van der Waals surface area contributed by atoms with Crippen molar-refractivity contribution in [3.63, 3.8) is 0 Å². The zero-order valence-electron chi connectivity index (χ0n) is 29.0. The molecule has 12 rings (SSSR count). The lowest BCUT2D eigenvalue weighted by molar-refractivity contribution is 0.622. The molecule has 0 fully saturated rings. The van der Waals surface area contributed by atoms with Gasteiger partial charge in [0.25, 0.3) is 0 Å². The third-order valence-corrected chi connectivity index (χ3v) is 11.7. The van der Waals surface area contributed by atoms with E-state index in [0.29, 0.717) is 28.9 Å². The van der Waals surface area contributed by atoms with Crippen LogP contribution in [0.4, 0.5) is 0 Å². The van der Waals surface area contributed by atoms with E-state index in [2.05, 4.69) is 115 Å². The molecule has 0 aliphatic rings. The van der Waals surface area contributed by atoms with Crippen molar-refractivity contribution in [2.24, 2.45) is 0 Å². The monoisotopic (exact) mass is 722 g/mol. The van der Waals surface area contributed by atoms with E-state index in [9.17, 15) is 0 Å². The van der Waals surface area contributed by atoms with Gasteiger partial charge in [0.2, 0.25) is 5.89 Å². The number of hydrogen-bond donors (Lipinski definition) is 0. The summed E-state index contributed by atoms with van der Waals surface area (Å²) in [4.78, 5) is 20.7. The molecule has 0 radical (unpaired) electrons. The number of fused-ring (bicyclic) bond motifs is 11. The average molecular weight is 723 g/mol. The van der Waals surface area contributed by atoms with Crippen LogP contribution in [0.3, 0.4) is 0 Å². The van der Waals surface area contributed by atoms with Crippen molar-refractivity contribution in [2.75, 3.05) is 0 Å². The minimum atomic E-state index is 0.569. The van der Waals surface area contributed by atoms with E-state index in [1.807, 2.05) is 42.5 Å². The molecule has 0 saturated carbocycles. The quantitative estimate of drug-likeness (QED) is 0.180. The van der Waals surface area contributed by atoms with Gasteiger partial charge in [-0.1, -0.05) is 115 Å². The molecule has 8 aromatic carbocycles. The summed E-state index contributed by atoms with van der Waals surface area (Å²) in [6, 6.07) is 54.0. The van der Waals surface area contributed by atoms with Gasteiger partial charge in [-0.05, 0) is 58.6 Å². The molecule has 0 saturated heterocycles. The number of hydrogen-bond acceptors (Lipinski definition) is 7. The molecule has 6 nitrogen and oxygen atoms in total. The molecule has 4 aromatic heterocycles. The van der Waals surface area contributed by atoms with E-state index in [1.165, 1.54) is 14.8 Å². The van der Waals surface area contributed by atoms with E-state index in [0.717, 1.165) is 76.6 Å². The Morgan fingerprint density at radius 1 is 0.382 bits per heavy atom. The van der Waals surface area contributed by atoms with E-state index in [4.69, 9.17) is 28.8 Å². The van der Waals surface area contributed by atoms with Crippen LogP contribution >= 0.6 is 11.3 Å². The number of nitrogens with zero attached hydrogens (tertiary/aromatic N) is 4. The Hall–Kier alpha value is -7.22. The largest absolute Gasteiger partial charge is 0.455 e. The molecule has 0 atom stereocenters. The molecule has 4 heterocycles. The highest BCUT2D eigenvalue weighted by atomic mass is 32.1. The van der Waals surface area contributed by atoms with Gasteiger partial charge in [0.15, 0.2) is 23.1 Å². The smallest absolute Gasteiger partial charge is 0.227 e. The molecular formula is C48H26N4O2S. The third-order valence-electron chi connectivity index (χ3n) is 10.6. The second-order valence-corrected chi connectivity index (χ2v) is 14.8. The van der Waals surface area contributed by atoms with Gasteiger partial charge in [-0.25, -0.2) is 19.9 Å². The van der Waals surface area contributed by atoms with Gasteiger partial charge in [-0.15, -0.1) is 11.3 Å². The number of benzene rings is 8. The number of rotatable bonds is 4.